The van der Waals surface area contributed by atoms with Crippen molar-refractivity contribution in [2.75, 3.05) is 51.5 Å². The number of amides is 1. The van der Waals surface area contributed by atoms with Crippen LogP contribution in [0.4, 0.5) is 10.2 Å². The minimum absolute atomic E-state index is 0.131. The van der Waals surface area contributed by atoms with Crippen molar-refractivity contribution in [1.29, 1.82) is 5.26 Å². The third-order valence-corrected chi connectivity index (χ3v) is 9.21. The summed E-state index contributed by atoms with van der Waals surface area (Å²) in [5.74, 6) is 0.288. The summed E-state index contributed by atoms with van der Waals surface area (Å²) >= 11 is 0. The van der Waals surface area contributed by atoms with Crippen LogP contribution < -0.4 is 10.5 Å². The van der Waals surface area contributed by atoms with Crippen molar-refractivity contribution in [3.05, 3.63) is 72.3 Å². The number of nitrogens with zero attached hydrogens (tertiary/aromatic N) is 8. The highest BCUT2D eigenvalue weighted by atomic mass is 19.1. The van der Waals surface area contributed by atoms with Gasteiger partial charge in [-0.3, -0.25) is 9.69 Å². The molecule has 2 aromatic heterocycles. The first-order valence-corrected chi connectivity index (χ1v) is 16.1. The van der Waals surface area contributed by atoms with Crippen molar-refractivity contribution < 1.29 is 13.9 Å². The zero-order valence-corrected chi connectivity index (χ0v) is 27.1. The van der Waals surface area contributed by atoms with Crippen LogP contribution in [-0.4, -0.2) is 91.7 Å². The maximum Gasteiger partial charge on any atom is 0.264 e. The Morgan fingerprint density at radius 2 is 1.87 bits per heavy atom. The molecule has 2 aliphatic rings. The number of hydrogen-bond acceptors (Lipinski definition) is 9. The Balaban J connectivity index is 1.26. The van der Waals surface area contributed by atoms with Gasteiger partial charge in [-0.2, -0.15) is 10.4 Å². The summed E-state index contributed by atoms with van der Waals surface area (Å²) in [5, 5.41) is 15.4. The van der Waals surface area contributed by atoms with Crippen LogP contribution >= 0.6 is 0 Å². The second kappa shape index (κ2) is 13.5. The number of carbonyl (C=O) groups excluding carboxylic acids is 1. The fourth-order valence-corrected chi connectivity index (χ4v) is 6.55. The summed E-state index contributed by atoms with van der Waals surface area (Å²) < 4.78 is 23.2. The zero-order valence-electron chi connectivity index (χ0n) is 27.1. The van der Waals surface area contributed by atoms with Crippen LogP contribution in [0.1, 0.15) is 39.7 Å². The normalized spacial score (nSPS) is 18.3. The minimum atomic E-state index is -0.531. The number of hydrogen-bond donors (Lipinski definition) is 1. The predicted octanol–water partition coefficient (Wildman–Crippen LogP) is 5.04. The zero-order chi connectivity index (χ0) is 33.1. The number of nitrogens with two attached hydrogens (primary N) is 1. The molecule has 244 valence electrons. The fourth-order valence-electron chi connectivity index (χ4n) is 6.55. The lowest BCUT2D eigenvalue weighted by Gasteiger charge is -2.42. The van der Waals surface area contributed by atoms with E-state index in [0.29, 0.717) is 47.7 Å². The number of nitriles is 1. The van der Waals surface area contributed by atoms with E-state index in [2.05, 4.69) is 46.6 Å². The molecule has 2 saturated heterocycles. The topological polar surface area (TPSA) is 129 Å². The number of nitrogen functional groups attached to an aromatic ring is 1. The van der Waals surface area contributed by atoms with Gasteiger partial charge in [0.15, 0.2) is 5.65 Å². The number of anilines is 1. The van der Waals surface area contributed by atoms with Crippen LogP contribution in [-0.2, 0) is 4.79 Å². The van der Waals surface area contributed by atoms with Gasteiger partial charge in [0.25, 0.3) is 5.91 Å². The number of likely N-dealkylation sites (N-methyl/N-ethyl adjacent to an activating group) is 1. The lowest BCUT2D eigenvalue weighted by Crippen LogP contribution is -2.54. The van der Waals surface area contributed by atoms with Gasteiger partial charge in [-0.25, -0.2) is 19.0 Å². The molecule has 6 rings (SSSR count). The molecule has 2 aromatic carbocycles. The van der Waals surface area contributed by atoms with Crippen molar-refractivity contribution >= 4 is 22.8 Å². The molecule has 4 heterocycles. The highest BCUT2D eigenvalue weighted by Crippen LogP contribution is 2.36. The van der Waals surface area contributed by atoms with Crippen molar-refractivity contribution in [3.8, 4) is 28.8 Å². The standard InChI is InChI=1S/C35H40FN9O2/c1-4-42-15-17-44(18-16-42)35(2,3)20-24(21-37)34(46)43-14-8-9-25(22-43)45-33-30(32(38)39-23-40-33)31(41-45)28-13-12-27(19-29(28)36)47-26-10-6-5-7-11-26/h5-7,10-13,19-20,23,25H,4,8-9,14-18,22H2,1-3H3,(H2,38,39,40)/b24-20-/t25-/m0/s1. The predicted molar refractivity (Wildman–Crippen MR) is 178 cm³/mol. The molecule has 12 heteroatoms. The maximum absolute atomic E-state index is 15.6. The number of piperidine rings is 1. The van der Waals surface area contributed by atoms with Crippen LogP contribution in [0.2, 0.25) is 0 Å². The van der Waals surface area contributed by atoms with Crippen molar-refractivity contribution in [1.82, 2.24) is 34.4 Å². The van der Waals surface area contributed by atoms with Crippen LogP contribution in [0.5, 0.6) is 11.5 Å². The average molecular weight is 638 g/mol. The molecule has 2 N–H and O–H groups in total. The van der Waals surface area contributed by atoms with Crippen LogP contribution in [0.25, 0.3) is 22.3 Å². The molecular weight excluding hydrogens is 597 g/mol. The molecule has 2 fully saturated rings. The van der Waals surface area contributed by atoms with Crippen molar-refractivity contribution in [2.24, 2.45) is 0 Å². The van der Waals surface area contributed by atoms with E-state index in [0.717, 1.165) is 39.1 Å². The Labute approximate surface area is 274 Å². The van der Waals surface area contributed by atoms with E-state index in [1.54, 1.807) is 33.8 Å². The molecule has 4 aromatic rings. The number of likely N-dealkylation sites (tertiary alicyclic amines) is 1. The number of aromatic nitrogens is 4. The van der Waals surface area contributed by atoms with Gasteiger partial charge in [0.05, 0.1) is 11.4 Å². The molecule has 1 amide bonds. The molecular formula is C35H40FN9O2. The molecule has 2 aliphatic heterocycles. The van der Waals surface area contributed by atoms with E-state index >= 15 is 4.39 Å². The van der Waals surface area contributed by atoms with Crippen LogP contribution in [0.15, 0.2) is 66.5 Å². The molecule has 0 aliphatic carbocycles. The minimum Gasteiger partial charge on any atom is -0.457 e. The number of carbonyl (C=O) groups is 1. The summed E-state index contributed by atoms with van der Waals surface area (Å²) in [6, 6.07) is 15.7. The Morgan fingerprint density at radius 3 is 2.57 bits per heavy atom. The lowest BCUT2D eigenvalue weighted by molar-refractivity contribution is -0.128. The third-order valence-electron chi connectivity index (χ3n) is 9.21. The van der Waals surface area contributed by atoms with Gasteiger partial charge < -0.3 is 20.3 Å². The summed E-state index contributed by atoms with van der Waals surface area (Å²) in [6.45, 7) is 11.8. The number of ether oxygens (including phenoxy) is 1. The van der Waals surface area contributed by atoms with Crippen LogP contribution in [0, 0.1) is 17.1 Å². The first kappa shape index (κ1) is 32.1. The second-order valence-corrected chi connectivity index (χ2v) is 12.6. The van der Waals surface area contributed by atoms with E-state index < -0.39 is 11.4 Å². The molecule has 0 unspecified atom stereocenters. The first-order valence-electron chi connectivity index (χ1n) is 16.1. The van der Waals surface area contributed by atoms with Gasteiger partial charge in [-0.05, 0) is 63.6 Å². The maximum atomic E-state index is 15.6. The number of rotatable bonds is 8. The first-order chi connectivity index (χ1) is 22.7. The van der Waals surface area contributed by atoms with Gasteiger partial charge >= 0.3 is 0 Å². The summed E-state index contributed by atoms with van der Waals surface area (Å²) in [7, 11) is 0. The van der Waals surface area contributed by atoms with Crippen molar-refractivity contribution in [2.45, 2.75) is 45.2 Å². The van der Waals surface area contributed by atoms with Gasteiger partial charge in [0.2, 0.25) is 0 Å². The van der Waals surface area contributed by atoms with E-state index in [-0.39, 0.29) is 28.9 Å². The molecule has 47 heavy (non-hydrogen) atoms. The van der Waals surface area contributed by atoms with E-state index in [1.807, 2.05) is 24.3 Å². The van der Waals surface area contributed by atoms with E-state index in [1.165, 1.54) is 12.4 Å². The SMILES string of the molecule is CCN1CCN(C(C)(C)/C=C(/C#N)C(=O)N2CCC[C@H](n3nc(-c4ccc(Oc5ccccc5)cc4F)c4c(N)ncnc43)C2)CC1. The Kier molecular flexibility index (Phi) is 9.20. The molecule has 0 bridgehead atoms. The van der Waals surface area contributed by atoms with Crippen molar-refractivity contribution in [3.63, 3.8) is 0 Å². The Hall–Kier alpha value is -4.86. The number of para-hydroxylation sites is 1. The summed E-state index contributed by atoms with van der Waals surface area (Å²) in [4.78, 5) is 28.9. The molecule has 0 saturated carbocycles. The molecule has 1 atom stereocenters. The number of halogens is 1. The molecule has 0 spiro atoms. The fraction of sp³-hybridized carbons (Fsp3) is 0.400. The second-order valence-electron chi connectivity index (χ2n) is 12.6. The van der Waals surface area contributed by atoms with Gasteiger partial charge in [0.1, 0.15) is 46.8 Å². The smallest absolute Gasteiger partial charge is 0.264 e. The Bertz CT molecular complexity index is 1820. The largest absolute Gasteiger partial charge is 0.457 e. The average Bonchev–Trinajstić information content (AvgIpc) is 3.48. The third kappa shape index (κ3) is 6.68. The Morgan fingerprint density at radius 1 is 1.11 bits per heavy atom. The quantitative estimate of drug-likeness (QED) is 0.209. The highest BCUT2D eigenvalue weighted by Gasteiger charge is 2.33. The van der Waals surface area contributed by atoms with Crippen LogP contribution in [0.3, 0.4) is 0 Å². The van der Waals surface area contributed by atoms with Gasteiger partial charge in [-0.15, -0.1) is 0 Å². The van der Waals surface area contributed by atoms with Gasteiger partial charge in [0, 0.05) is 56.4 Å². The van der Waals surface area contributed by atoms with E-state index in [9.17, 15) is 10.1 Å². The molecule has 11 nitrogen and oxygen atoms in total. The monoisotopic (exact) mass is 637 g/mol. The number of benzene rings is 2. The van der Waals surface area contributed by atoms with E-state index in [4.69, 9.17) is 15.6 Å². The van der Waals surface area contributed by atoms with Gasteiger partial charge in [-0.1, -0.05) is 25.1 Å². The molecule has 0 radical (unpaired) electrons. The highest BCUT2D eigenvalue weighted by molar-refractivity contribution is 5.99. The number of piperazine rings is 1. The number of fused-ring (bicyclic) bond motifs is 1. The summed E-state index contributed by atoms with van der Waals surface area (Å²) in [6.07, 6.45) is 4.59. The lowest BCUT2D eigenvalue weighted by atomic mass is 9.96. The summed E-state index contributed by atoms with van der Waals surface area (Å²) in [5.41, 5.74) is 7.00.